The molecule has 3 rings (SSSR count). The molecule has 0 bridgehead atoms. The highest BCUT2D eigenvalue weighted by Gasteiger charge is 2.11. The van der Waals surface area contributed by atoms with Crippen molar-refractivity contribution in [3.8, 4) is 11.5 Å². The van der Waals surface area contributed by atoms with E-state index in [9.17, 15) is 5.11 Å². The average molecular weight is 333 g/mol. The van der Waals surface area contributed by atoms with E-state index < -0.39 is 0 Å². The molecule has 2 nitrogen and oxygen atoms in total. The van der Waals surface area contributed by atoms with Gasteiger partial charge in [-0.1, -0.05) is 28.1 Å². The Bertz CT molecular complexity index is 622. The number of halogens is 1. The molecular formula is C17H17BrO2. The lowest BCUT2D eigenvalue weighted by atomic mass is 9.92. The minimum absolute atomic E-state index is 0.0203. The number of aliphatic hydroxyl groups excluding tert-OH is 1. The largest absolute Gasteiger partial charge is 0.457 e. The Kier molecular flexibility index (Phi) is 4.08. The van der Waals surface area contributed by atoms with Crippen molar-refractivity contribution in [3.63, 3.8) is 0 Å². The lowest BCUT2D eigenvalue weighted by Gasteiger charge is -2.17. The second kappa shape index (κ2) is 5.98. The summed E-state index contributed by atoms with van der Waals surface area (Å²) < 4.78 is 6.90. The molecule has 0 aliphatic heterocycles. The molecule has 104 valence electrons. The van der Waals surface area contributed by atoms with Gasteiger partial charge in [-0.05, 0) is 61.1 Å². The summed E-state index contributed by atoms with van der Waals surface area (Å²) in [5, 5.41) is 9.38. The van der Waals surface area contributed by atoms with E-state index in [0.29, 0.717) is 5.75 Å². The first-order valence-electron chi connectivity index (χ1n) is 6.95. The molecular weight excluding hydrogens is 316 g/mol. The van der Waals surface area contributed by atoms with Gasteiger partial charge in [0.05, 0.1) is 6.61 Å². The molecule has 0 unspecified atom stereocenters. The molecule has 2 aromatic rings. The fraction of sp³-hybridized carbons (Fsp3) is 0.294. The third-order valence-electron chi connectivity index (χ3n) is 3.75. The first kappa shape index (κ1) is 13.7. The van der Waals surface area contributed by atoms with E-state index >= 15 is 0 Å². The maximum Gasteiger partial charge on any atom is 0.134 e. The summed E-state index contributed by atoms with van der Waals surface area (Å²) in [5.74, 6) is 1.55. The summed E-state index contributed by atoms with van der Waals surface area (Å²) in [6, 6.07) is 12.0. The molecule has 0 atom stereocenters. The van der Waals surface area contributed by atoms with Crippen molar-refractivity contribution in [1.82, 2.24) is 0 Å². The number of aryl methyl sites for hydroxylation is 2. The van der Waals surface area contributed by atoms with Crippen LogP contribution in [0.2, 0.25) is 0 Å². The summed E-state index contributed by atoms with van der Waals surface area (Å²) in [5.41, 5.74) is 3.64. The van der Waals surface area contributed by atoms with Crippen molar-refractivity contribution >= 4 is 15.9 Å². The topological polar surface area (TPSA) is 29.5 Å². The minimum Gasteiger partial charge on any atom is -0.457 e. The summed E-state index contributed by atoms with van der Waals surface area (Å²) in [6.45, 7) is -0.0203. The molecule has 0 spiro atoms. The van der Waals surface area contributed by atoms with Crippen LogP contribution >= 0.6 is 15.9 Å². The second-order valence-corrected chi connectivity index (χ2v) is 6.07. The molecule has 1 aliphatic carbocycles. The number of hydrogen-bond donors (Lipinski definition) is 1. The quantitative estimate of drug-likeness (QED) is 0.889. The van der Waals surface area contributed by atoms with Crippen LogP contribution in [0.5, 0.6) is 11.5 Å². The number of hydrogen-bond acceptors (Lipinski definition) is 2. The standard InChI is InChI=1S/C17H17BrO2/c18-15-7-5-14(11-19)17(10-15)20-16-8-6-12-3-1-2-4-13(12)9-16/h5-10,19H,1-4,11H2. The van der Waals surface area contributed by atoms with Crippen molar-refractivity contribution < 1.29 is 9.84 Å². The third kappa shape index (κ3) is 2.89. The highest BCUT2D eigenvalue weighted by atomic mass is 79.9. The van der Waals surface area contributed by atoms with Crippen LogP contribution in [0.4, 0.5) is 0 Å². The van der Waals surface area contributed by atoms with Crippen LogP contribution in [0, 0.1) is 0 Å². The highest BCUT2D eigenvalue weighted by molar-refractivity contribution is 9.10. The van der Waals surface area contributed by atoms with Crippen molar-refractivity contribution in [2.75, 3.05) is 0 Å². The Morgan fingerprint density at radius 1 is 1.00 bits per heavy atom. The van der Waals surface area contributed by atoms with Crippen LogP contribution in [-0.2, 0) is 19.4 Å². The molecule has 0 fully saturated rings. The smallest absolute Gasteiger partial charge is 0.134 e. The predicted octanol–water partition coefficient (Wildman–Crippen LogP) is 4.61. The van der Waals surface area contributed by atoms with E-state index in [1.807, 2.05) is 24.3 Å². The van der Waals surface area contributed by atoms with Crippen molar-refractivity contribution in [2.45, 2.75) is 32.3 Å². The molecule has 20 heavy (non-hydrogen) atoms. The predicted molar refractivity (Wildman–Crippen MR) is 83.2 cm³/mol. The van der Waals surface area contributed by atoms with Crippen LogP contribution in [0.15, 0.2) is 40.9 Å². The molecule has 0 saturated carbocycles. The zero-order valence-electron chi connectivity index (χ0n) is 11.2. The number of benzene rings is 2. The maximum absolute atomic E-state index is 9.38. The van der Waals surface area contributed by atoms with Crippen LogP contribution < -0.4 is 4.74 Å². The molecule has 0 saturated heterocycles. The fourth-order valence-corrected chi connectivity index (χ4v) is 2.99. The van der Waals surface area contributed by atoms with Crippen LogP contribution in [0.1, 0.15) is 29.5 Å². The zero-order chi connectivity index (χ0) is 13.9. The molecule has 2 aromatic carbocycles. The van der Waals surface area contributed by atoms with E-state index in [1.54, 1.807) is 0 Å². The van der Waals surface area contributed by atoms with Crippen molar-refractivity contribution in [2.24, 2.45) is 0 Å². The van der Waals surface area contributed by atoms with E-state index in [-0.39, 0.29) is 6.61 Å². The summed E-state index contributed by atoms with van der Waals surface area (Å²) in [6.07, 6.45) is 4.86. The Hall–Kier alpha value is -1.32. The van der Waals surface area contributed by atoms with Gasteiger partial charge in [0.25, 0.3) is 0 Å². The lowest BCUT2D eigenvalue weighted by Crippen LogP contribution is -2.02. The molecule has 0 amide bonds. The monoisotopic (exact) mass is 332 g/mol. The maximum atomic E-state index is 9.38. The Morgan fingerprint density at radius 2 is 1.80 bits per heavy atom. The van der Waals surface area contributed by atoms with Gasteiger partial charge in [0.2, 0.25) is 0 Å². The van der Waals surface area contributed by atoms with Crippen LogP contribution in [0.3, 0.4) is 0 Å². The number of fused-ring (bicyclic) bond motifs is 1. The van der Waals surface area contributed by atoms with E-state index in [4.69, 9.17) is 4.74 Å². The first-order valence-corrected chi connectivity index (χ1v) is 7.74. The summed E-state index contributed by atoms with van der Waals surface area (Å²) >= 11 is 3.44. The van der Waals surface area contributed by atoms with E-state index in [1.165, 1.54) is 30.4 Å². The Balaban J connectivity index is 1.89. The lowest BCUT2D eigenvalue weighted by molar-refractivity contribution is 0.276. The van der Waals surface area contributed by atoms with Gasteiger partial charge in [0.1, 0.15) is 11.5 Å². The molecule has 1 N–H and O–H groups in total. The number of ether oxygens (including phenoxy) is 1. The molecule has 3 heteroatoms. The van der Waals surface area contributed by atoms with Crippen molar-refractivity contribution in [3.05, 3.63) is 57.6 Å². The van der Waals surface area contributed by atoms with Gasteiger partial charge in [-0.15, -0.1) is 0 Å². The van der Waals surface area contributed by atoms with Gasteiger partial charge in [0.15, 0.2) is 0 Å². The van der Waals surface area contributed by atoms with Gasteiger partial charge >= 0.3 is 0 Å². The number of rotatable bonds is 3. The normalized spacial score (nSPS) is 13.9. The third-order valence-corrected chi connectivity index (χ3v) is 4.24. The van der Waals surface area contributed by atoms with Crippen molar-refractivity contribution in [1.29, 1.82) is 0 Å². The SMILES string of the molecule is OCc1ccc(Br)cc1Oc1ccc2c(c1)CCCC2. The van der Waals surface area contributed by atoms with Gasteiger partial charge in [-0.3, -0.25) is 0 Å². The van der Waals surface area contributed by atoms with Gasteiger partial charge in [0, 0.05) is 10.0 Å². The highest BCUT2D eigenvalue weighted by Crippen LogP contribution is 2.31. The summed E-state index contributed by atoms with van der Waals surface area (Å²) in [7, 11) is 0. The molecule has 0 radical (unpaired) electrons. The van der Waals surface area contributed by atoms with Gasteiger partial charge in [-0.25, -0.2) is 0 Å². The van der Waals surface area contributed by atoms with E-state index in [2.05, 4.69) is 28.1 Å². The first-order chi connectivity index (χ1) is 9.76. The zero-order valence-corrected chi connectivity index (χ0v) is 12.8. The Morgan fingerprint density at radius 3 is 2.60 bits per heavy atom. The average Bonchev–Trinajstić information content (AvgIpc) is 2.47. The second-order valence-electron chi connectivity index (χ2n) is 5.15. The minimum atomic E-state index is -0.0203. The molecule has 0 aromatic heterocycles. The molecule has 1 aliphatic rings. The molecule has 0 heterocycles. The fourth-order valence-electron chi connectivity index (χ4n) is 2.65. The Labute approximate surface area is 127 Å². The van der Waals surface area contributed by atoms with Crippen LogP contribution in [0.25, 0.3) is 0 Å². The van der Waals surface area contributed by atoms with Crippen LogP contribution in [-0.4, -0.2) is 5.11 Å². The van der Waals surface area contributed by atoms with E-state index in [0.717, 1.165) is 22.2 Å². The number of aliphatic hydroxyl groups is 1. The summed E-state index contributed by atoms with van der Waals surface area (Å²) in [4.78, 5) is 0. The van der Waals surface area contributed by atoms with Gasteiger partial charge < -0.3 is 9.84 Å². The van der Waals surface area contributed by atoms with Gasteiger partial charge in [-0.2, -0.15) is 0 Å².